The van der Waals surface area contributed by atoms with Crippen molar-refractivity contribution < 1.29 is 4.79 Å². The molecule has 0 N–H and O–H groups in total. The highest BCUT2D eigenvalue weighted by atomic mass is 79.9. The van der Waals surface area contributed by atoms with Crippen molar-refractivity contribution in [3.8, 4) is 0 Å². The average molecular weight is 342 g/mol. The second-order valence-electron chi connectivity index (χ2n) is 3.84. The molecule has 1 heterocycles. The first-order valence-corrected chi connectivity index (χ1v) is 8.10. The molecule has 2 rings (SSSR count). The van der Waals surface area contributed by atoms with Gasteiger partial charge >= 0.3 is 0 Å². The second kappa shape index (κ2) is 6.50. The van der Waals surface area contributed by atoms with Crippen molar-refractivity contribution in [3.63, 3.8) is 0 Å². The molecule has 2 nitrogen and oxygen atoms in total. The Morgan fingerprint density at radius 2 is 2.11 bits per heavy atom. The number of hydrogen-bond donors (Lipinski definition) is 0. The van der Waals surface area contributed by atoms with E-state index < -0.39 is 0 Å². The Bertz CT molecular complexity index is 536. The van der Waals surface area contributed by atoms with Gasteiger partial charge in [0.2, 0.25) is 0 Å². The molecular weight excluding hydrogens is 330 g/mol. The number of Topliss-reactive ketones (excluding diaryl/α,β-unsaturated/α-hetero) is 1. The Morgan fingerprint density at radius 3 is 2.72 bits per heavy atom. The largest absolute Gasteiger partial charge is 0.298 e. The van der Waals surface area contributed by atoms with Crippen LogP contribution in [-0.4, -0.2) is 16.5 Å². The third-order valence-corrected chi connectivity index (χ3v) is 4.80. The summed E-state index contributed by atoms with van der Waals surface area (Å²) in [6.07, 6.45) is 0.446. The van der Waals surface area contributed by atoms with Gasteiger partial charge in [-0.15, -0.1) is 23.1 Å². The van der Waals surface area contributed by atoms with Gasteiger partial charge < -0.3 is 0 Å². The van der Waals surface area contributed by atoms with Gasteiger partial charge in [-0.2, -0.15) is 0 Å². The fourth-order valence-electron chi connectivity index (χ4n) is 1.40. The monoisotopic (exact) mass is 341 g/mol. The fourth-order valence-corrected chi connectivity index (χ4v) is 3.22. The lowest BCUT2D eigenvalue weighted by molar-refractivity contribution is -0.116. The number of aryl methyl sites for hydroxylation is 1. The third-order valence-electron chi connectivity index (χ3n) is 2.23. The summed E-state index contributed by atoms with van der Waals surface area (Å²) in [6, 6.07) is 7.99. The highest BCUT2D eigenvalue weighted by Gasteiger charge is 2.07. The molecular formula is C13H12BrNOS2. The number of benzene rings is 1. The number of rotatable bonds is 5. The Balaban J connectivity index is 1.83. The number of hydrogen-bond acceptors (Lipinski definition) is 4. The fraction of sp³-hybridized carbons (Fsp3) is 0.231. The molecule has 1 aromatic heterocycles. The van der Waals surface area contributed by atoms with E-state index in [2.05, 4.69) is 20.9 Å². The summed E-state index contributed by atoms with van der Waals surface area (Å²) in [6.45, 7) is 1.95. The highest BCUT2D eigenvalue weighted by molar-refractivity contribution is 9.10. The van der Waals surface area contributed by atoms with Gasteiger partial charge in [0, 0.05) is 20.4 Å². The lowest BCUT2D eigenvalue weighted by atomic mass is 10.3. The van der Waals surface area contributed by atoms with Crippen LogP contribution in [0.25, 0.3) is 0 Å². The van der Waals surface area contributed by atoms with E-state index in [0.29, 0.717) is 12.2 Å². The third kappa shape index (κ3) is 4.23. The van der Waals surface area contributed by atoms with Crippen molar-refractivity contribution in [2.75, 3.05) is 5.75 Å². The van der Waals surface area contributed by atoms with Crippen LogP contribution in [-0.2, 0) is 11.2 Å². The van der Waals surface area contributed by atoms with Gasteiger partial charge in [0.1, 0.15) is 10.8 Å². The second-order valence-corrected chi connectivity index (χ2v) is 6.75. The van der Waals surface area contributed by atoms with Gasteiger partial charge in [-0.3, -0.25) is 4.79 Å². The summed E-state index contributed by atoms with van der Waals surface area (Å²) in [5.74, 6) is 0.720. The first-order chi connectivity index (χ1) is 8.63. The van der Waals surface area contributed by atoms with Crippen LogP contribution in [0.1, 0.15) is 10.7 Å². The van der Waals surface area contributed by atoms with Crippen LogP contribution < -0.4 is 0 Å². The normalized spacial score (nSPS) is 10.6. The Labute approximate surface area is 123 Å². The molecule has 0 fully saturated rings. The van der Waals surface area contributed by atoms with Crippen molar-refractivity contribution in [2.45, 2.75) is 18.2 Å². The SMILES string of the molecule is Cc1csc(CC(=O)CSc2ccc(Br)cc2)n1. The van der Waals surface area contributed by atoms with Crippen LogP contribution in [0.4, 0.5) is 0 Å². The Morgan fingerprint density at radius 1 is 1.39 bits per heavy atom. The van der Waals surface area contributed by atoms with Gasteiger partial charge in [-0.25, -0.2) is 4.98 Å². The molecule has 94 valence electrons. The summed E-state index contributed by atoms with van der Waals surface area (Å²) in [7, 11) is 0. The first-order valence-electron chi connectivity index (χ1n) is 5.44. The van der Waals surface area contributed by atoms with Crippen LogP contribution in [0.15, 0.2) is 39.0 Å². The zero-order chi connectivity index (χ0) is 13.0. The summed E-state index contributed by atoms with van der Waals surface area (Å²) in [5.41, 5.74) is 0.989. The number of carbonyl (C=O) groups excluding carboxylic acids is 1. The summed E-state index contributed by atoms with van der Waals surface area (Å²) >= 11 is 6.51. The molecule has 0 aliphatic carbocycles. The maximum atomic E-state index is 11.8. The number of ketones is 1. The molecule has 0 saturated carbocycles. The number of carbonyl (C=O) groups is 1. The molecule has 0 aliphatic rings. The van der Waals surface area contributed by atoms with Crippen LogP contribution in [0.3, 0.4) is 0 Å². The summed E-state index contributed by atoms with van der Waals surface area (Å²) in [5, 5.41) is 2.89. The van der Waals surface area contributed by atoms with Crippen molar-refractivity contribution in [2.24, 2.45) is 0 Å². The number of nitrogens with zero attached hydrogens (tertiary/aromatic N) is 1. The number of aromatic nitrogens is 1. The molecule has 0 aliphatic heterocycles. The van der Waals surface area contributed by atoms with Crippen LogP contribution in [0, 0.1) is 6.92 Å². The van der Waals surface area contributed by atoms with Gasteiger partial charge in [0.05, 0.1) is 12.2 Å². The molecule has 5 heteroatoms. The van der Waals surface area contributed by atoms with Gasteiger partial charge in [0.15, 0.2) is 0 Å². The van der Waals surface area contributed by atoms with E-state index in [0.717, 1.165) is 20.1 Å². The summed E-state index contributed by atoms with van der Waals surface area (Å²) < 4.78 is 1.05. The molecule has 0 saturated heterocycles. The molecule has 1 aromatic carbocycles. The van der Waals surface area contributed by atoms with Gasteiger partial charge in [0.25, 0.3) is 0 Å². The van der Waals surface area contributed by atoms with Crippen molar-refractivity contribution >= 4 is 44.8 Å². The van der Waals surface area contributed by atoms with Crippen LogP contribution >= 0.6 is 39.0 Å². The lowest BCUT2D eigenvalue weighted by Crippen LogP contribution is -2.05. The zero-order valence-corrected chi connectivity index (χ0v) is 13.1. The molecule has 0 atom stereocenters. The highest BCUT2D eigenvalue weighted by Crippen LogP contribution is 2.21. The maximum absolute atomic E-state index is 11.8. The minimum atomic E-state index is 0.220. The van der Waals surface area contributed by atoms with E-state index in [-0.39, 0.29) is 5.78 Å². The smallest absolute Gasteiger partial charge is 0.149 e. The molecule has 0 radical (unpaired) electrons. The van der Waals surface area contributed by atoms with E-state index >= 15 is 0 Å². The predicted molar refractivity (Wildman–Crippen MR) is 80.4 cm³/mol. The van der Waals surface area contributed by atoms with Crippen molar-refractivity contribution in [1.29, 1.82) is 0 Å². The minimum absolute atomic E-state index is 0.220. The maximum Gasteiger partial charge on any atom is 0.149 e. The minimum Gasteiger partial charge on any atom is -0.298 e. The Hall–Kier alpha value is -0.650. The van der Waals surface area contributed by atoms with E-state index in [1.54, 1.807) is 23.1 Å². The average Bonchev–Trinajstić information content (AvgIpc) is 2.74. The molecule has 0 bridgehead atoms. The summed E-state index contributed by atoms with van der Waals surface area (Å²) in [4.78, 5) is 17.2. The Kier molecular flexibility index (Phi) is 4.97. The van der Waals surface area contributed by atoms with Gasteiger partial charge in [-0.1, -0.05) is 15.9 Å². The van der Waals surface area contributed by atoms with E-state index in [1.165, 1.54) is 0 Å². The molecule has 0 amide bonds. The quantitative estimate of drug-likeness (QED) is 0.766. The van der Waals surface area contributed by atoms with Crippen molar-refractivity contribution in [1.82, 2.24) is 4.98 Å². The molecule has 0 unspecified atom stereocenters. The molecule has 0 spiro atoms. The van der Waals surface area contributed by atoms with Crippen LogP contribution in [0.5, 0.6) is 0 Å². The molecule has 18 heavy (non-hydrogen) atoms. The van der Waals surface area contributed by atoms with Gasteiger partial charge in [-0.05, 0) is 31.2 Å². The van der Waals surface area contributed by atoms with Crippen molar-refractivity contribution in [3.05, 3.63) is 44.8 Å². The first kappa shape index (κ1) is 13.8. The topological polar surface area (TPSA) is 30.0 Å². The standard InChI is InChI=1S/C13H12BrNOS2/c1-9-7-18-13(15-9)6-11(16)8-17-12-4-2-10(14)3-5-12/h2-5,7H,6,8H2,1H3. The van der Waals surface area contributed by atoms with E-state index in [9.17, 15) is 4.79 Å². The van der Waals surface area contributed by atoms with Crippen LogP contribution in [0.2, 0.25) is 0 Å². The zero-order valence-electron chi connectivity index (χ0n) is 9.85. The number of thiazole rings is 1. The predicted octanol–water partition coefficient (Wildman–Crippen LogP) is 4.12. The number of thioether (sulfide) groups is 1. The lowest BCUT2D eigenvalue weighted by Gasteiger charge is -2.00. The van der Waals surface area contributed by atoms with E-state index in [1.807, 2.05) is 36.6 Å². The molecule has 2 aromatic rings. The number of halogens is 1. The van der Waals surface area contributed by atoms with E-state index in [4.69, 9.17) is 0 Å².